The van der Waals surface area contributed by atoms with Gasteiger partial charge in [-0.1, -0.05) is 6.92 Å². The Labute approximate surface area is 90.3 Å². The molecule has 1 aliphatic rings. The van der Waals surface area contributed by atoms with Gasteiger partial charge in [-0.05, 0) is 20.3 Å². The minimum atomic E-state index is -0.539. The minimum Gasteiger partial charge on any atom is -0.352 e. The van der Waals surface area contributed by atoms with Gasteiger partial charge in [-0.3, -0.25) is 4.79 Å². The molecule has 0 aliphatic carbocycles. The molecule has 1 aliphatic heterocycles. The lowest BCUT2D eigenvalue weighted by Crippen LogP contribution is -2.43. The van der Waals surface area contributed by atoms with Crippen LogP contribution in [0.25, 0.3) is 0 Å². The maximum atomic E-state index is 11.4. The average molecular weight is 216 g/mol. The molecule has 5 heteroatoms. The van der Waals surface area contributed by atoms with Crippen molar-refractivity contribution < 1.29 is 14.3 Å². The molecule has 1 amide bonds. The third-order valence-corrected chi connectivity index (χ3v) is 2.35. The Hall–Kier alpha value is -0.650. The Morgan fingerprint density at radius 3 is 2.80 bits per heavy atom. The zero-order valence-electron chi connectivity index (χ0n) is 9.58. The van der Waals surface area contributed by atoms with Gasteiger partial charge in [0.2, 0.25) is 5.91 Å². The van der Waals surface area contributed by atoms with Crippen molar-refractivity contribution in [3.8, 4) is 0 Å². The van der Waals surface area contributed by atoms with Gasteiger partial charge >= 0.3 is 0 Å². The van der Waals surface area contributed by atoms with Crippen LogP contribution in [-0.2, 0) is 14.3 Å². The molecule has 5 nitrogen and oxygen atoms in total. The van der Waals surface area contributed by atoms with Crippen molar-refractivity contribution in [3.05, 3.63) is 0 Å². The SMILES string of the molecule is CC[C@H](N)C(=O)NCC1COC(C)(C)O1. The molecule has 2 atom stereocenters. The van der Waals surface area contributed by atoms with Crippen molar-refractivity contribution >= 4 is 5.91 Å². The van der Waals surface area contributed by atoms with Gasteiger partial charge in [0.05, 0.1) is 12.6 Å². The van der Waals surface area contributed by atoms with Gasteiger partial charge in [-0.25, -0.2) is 0 Å². The molecule has 1 rings (SSSR count). The largest absolute Gasteiger partial charge is 0.352 e. The first-order valence-electron chi connectivity index (χ1n) is 5.29. The highest BCUT2D eigenvalue weighted by molar-refractivity contribution is 5.81. The Morgan fingerprint density at radius 2 is 2.33 bits per heavy atom. The van der Waals surface area contributed by atoms with Crippen LogP contribution in [0.1, 0.15) is 27.2 Å². The number of nitrogens with two attached hydrogens (primary N) is 1. The highest BCUT2D eigenvalue weighted by Gasteiger charge is 2.32. The molecule has 1 saturated heterocycles. The number of ether oxygens (including phenoxy) is 2. The fourth-order valence-electron chi connectivity index (χ4n) is 1.39. The molecule has 0 spiro atoms. The van der Waals surface area contributed by atoms with E-state index in [0.717, 1.165) is 0 Å². The topological polar surface area (TPSA) is 73.6 Å². The van der Waals surface area contributed by atoms with Crippen molar-refractivity contribution in [3.63, 3.8) is 0 Å². The second kappa shape index (κ2) is 4.92. The Morgan fingerprint density at radius 1 is 1.67 bits per heavy atom. The van der Waals surface area contributed by atoms with Crippen molar-refractivity contribution in [1.82, 2.24) is 5.32 Å². The number of hydrogen-bond donors (Lipinski definition) is 2. The zero-order chi connectivity index (χ0) is 11.5. The van der Waals surface area contributed by atoms with E-state index in [0.29, 0.717) is 19.6 Å². The van der Waals surface area contributed by atoms with Crippen LogP contribution in [0.15, 0.2) is 0 Å². The number of amides is 1. The number of hydrogen-bond acceptors (Lipinski definition) is 4. The van der Waals surface area contributed by atoms with Gasteiger partial charge in [0.15, 0.2) is 5.79 Å². The summed E-state index contributed by atoms with van der Waals surface area (Å²) in [5, 5.41) is 2.74. The Kier molecular flexibility index (Phi) is 4.07. The minimum absolute atomic E-state index is 0.0759. The van der Waals surface area contributed by atoms with E-state index in [1.165, 1.54) is 0 Å². The summed E-state index contributed by atoms with van der Waals surface area (Å²) in [6.07, 6.45) is 0.562. The lowest BCUT2D eigenvalue weighted by atomic mass is 10.2. The van der Waals surface area contributed by atoms with Crippen molar-refractivity contribution in [2.45, 2.75) is 45.1 Å². The Bertz CT molecular complexity index is 231. The number of nitrogens with one attached hydrogen (secondary N) is 1. The van der Waals surface area contributed by atoms with Crippen LogP contribution in [0.2, 0.25) is 0 Å². The van der Waals surface area contributed by atoms with E-state index in [9.17, 15) is 4.79 Å². The van der Waals surface area contributed by atoms with Crippen LogP contribution in [0.3, 0.4) is 0 Å². The summed E-state index contributed by atoms with van der Waals surface area (Å²) >= 11 is 0. The van der Waals surface area contributed by atoms with E-state index < -0.39 is 11.8 Å². The predicted molar refractivity (Wildman–Crippen MR) is 56.2 cm³/mol. The molecule has 15 heavy (non-hydrogen) atoms. The summed E-state index contributed by atoms with van der Waals surface area (Å²) in [5.74, 6) is -0.673. The molecule has 1 heterocycles. The maximum Gasteiger partial charge on any atom is 0.236 e. The summed E-state index contributed by atoms with van der Waals surface area (Å²) in [5.41, 5.74) is 5.57. The molecule has 88 valence electrons. The number of carbonyl (C=O) groups is 1. The van der Waals surface area contributed by atoms with Crippen LogP contribution in [0.5, 0.6) is 0 Å². The molecule has 0 aromatic rings. The molecular weight excluding hydrogens is 196 g/mol. The third-order valence-electron chi connectivity index (χ3n) is 2.35. The van der Waals surface area contributed by atoms with Crippen molar-refractivity contribution in [2.24, 2.45) is 5.73 Å². The van der Waals surface area contributed by atoms with Crippen molar-refractivity contribution in [2.75, 3.05) is 13.2 Å². The van der Waals surface area contributed by atoms with Crippen molar-refractivity contribution in [1.29, 1.82) is 0 Å². The summed E-state index contributed by atoms with van der Waals surface area (Å²) in [6, 6.07) is -0.430. The monoisotopic (exact) mass is 216 g/mol. The standard InChI is InChI=1S/C10H20N2O3/c1-4-8(11)9(13)12-5-7-6-14-10(2,3)15-7/h7-8H,4-6,11H2,1-3H3,(H,12,13)/t7?,8-/m0/s1. The van der Waals surface area contributed by atoms with E-state index >= 15 is 0 Å². The first kappa shape index (κ1) is 12.4. The van der Waals surface area contributed by atoms with Gasteiger partial charge in [0.25, 0.3) is 0 Å². The van der Waals surface area contributed by atoms with Gasteiger partial charge in [-0.2, -0.15) is 0 Å². The molecule has 0 bridgehead atoms. The van der Waals surface area contributed by atoms with Gasteiger partial charge in [-0.15, -0.1) is 0 Å². The van der Waals surface area contributed by atoms with E-state index in [1.807, 2.05) is 20.8 Å². The summed E-state index contributed by atoms with van der Waals surface area (Å²) in [7, 11) is 0. The first-order chi connectivity index (χ1) is 6.94. The highest BCUT2D eigenvalue weighted by Crippen LogP contribution is 2.21. The summed E-state index contributed by atoms with van der Waals surface area (Å²) in [6.45, 7) is 6.55. The lowest BCUT2D eigenvalue weighted by Gasteiger charge is -2.17. The smallest absolute Gasteiger partial charge is 0.236 e. The fraction of sp³-hybridized carbons (Fsp3) is 0.900. The van der Waals surface area contributed by atoms with Gasteiger partial charge in [0, 0.05) is 6.54 Å². The molecule has 1 unspecified atom stereocenters. The van der Waals surface area contributed by atoms with E-state index in [1.54, 1.807) is 0 Å². The van der Waals surface area contributed by atoms with Gasteiger partial charge < -0.3 is 20.5 Å². The van der Waals surface area contributed by atoms with Crippen LogP contribution >= 0.6 is 0 Å². The molecular formula is C10H20N2O3. The van der Waals surface area contributed by atoms with E-state index in [-0.39, 0.29) is 12.0 Å². The third kappa shape index (κ3) is 3.77. The maximum absolute atomic E-state index is 11.4. The second-order valence-electron chi connectivity index (χ2n) is 4.21. The number of rotatable bonds is 4. The summed E-state index contributed by atoms with van der Waals surface area (Å²) < 4.78 is 10.9. The molecule has 0 aromatic heterocycles. The molecule has 0 aromatic carbocycles. The Balaban J connectivity index is 2.24. The predicted octanol–water partition coefficient (Wildman–Crippen LogP) is -0.00860. The van der Waals surface area contributed by atoms with E-state index in [4.69, 9.17) is 15.2 Å². The fourth-order valence-corrected chi connectivity index (χ4v) is 1.39. The van der Waals surface area contributed by atoms with Gasteiger partial charge in [0.1, 0.15) is 6.10 Å². The highest BCUT2D eigenvalue weighted by atomic mass is 16.7. The van der Waals surface area contributed by atoms with Crippen LogP contribution in [-0.4, -0.2) is 37.0 Å². The molecule has 0 radical (unpaired) electrons. The van der Waals surface area contributed by atoms with E-state index in [2.05, 4.69) is 5.32 Å². The zero-order valence-corrected chi connectivity index (χ0v) is 9.58. The van der Waals surface area contributed by atoms with Crippen LogP contribution < -0.4 is 11.1 Å². The average Bonchev–Trinajstić information content (AvgIpc) is 2.53. The first-order valence-corrected chi connectivity index (χ1v) is 5.29. The molecule has 1 fully saturated rings. The van der Waals surface area contributed by atoms with Crippen LogP contribution in [0, 0.1) is 0 Å². The normalized spacial score (nSPS) is 26.3. The lowest BCUT2D eigenvalue weighted by molar-refractivity contribution is -0.139. The van der Waals surface area contributed by atoms with Crippen LogP contribution in [0.4, 0.5) is 0 Å². The quantitative estimate of drug-likeness (QED) is 0.693. The molecule has 3 N–H and O–H groups in total. The molecule has 0 saturated carbocycles. The summed E-state index contributed by atoms with van der Waals surface area (Å²) in [4.78, 5) is 11.4. The second-order valence-corrected chi connectivity index (χ2v) is 4.21. The number of carbonyl (C=O) groups excluding carboxylic acids is 1.